The Morgan fingerprint density at radius 3 is 2.88 bits per heavy atom. The summed E-state index contributed by atoms with van der Waals surface area (Å²) in [5.41, 5.74) is 7.52. The van der Waals surface area contributed by atoms with Gasteiger partial charge in [-0.1, -0.05) is 25.8 Å². The van der Waals surface area contributed by atoms with Gasteiger partial charge < -0.3 is 5.73 Å². The maximum atomic E-state index is 13.2. The fourth-order valence-electron chi connectivity index (χ4n) is 2.73. The number of rotatable bonds is 2. The molecule has 0 aromatic heterocycles. The third-order valence-electron chi connectivity index (χ3n) is 4.03. The van der Waals surface area contributed by atoms with E-state index in [0.29, 0.717) is 10.4 Å². The van der Waals surface area contributed by atoms with Crippen molar-refractivity contribution >= 4 is 15.9 Å². The fraction of sp³-hybridized carbons (Fsp3) is 0.571. The van der Waals surface area contributed by atoms with Gasteiger partial charge in [-0.05, 0) is 58.8 Å². The van der Waals surface area contributed by atoms with E-state index < -0.39 is 0 Å². The maximum Gasteiger partial charge on any atom is 0.137 e. The predicted molar refractivity (Wildman–Crippen MR) is 72.4 cm³/mol. The van der Waals surface area contributed by atoms with Crippen LogP contribution in [0.25, 0.3) is 0 Å². The minimum absolute atomic E-state index is 0.116. The van der Waals surface area contributed by atoms with E-state index in [4.69, 9.17) is 5.73 Å². The minimum atomic E-state index is -0.212. The standard InChI is InChI=1S/C14H19BrFN/c1-10-4-2-3-7-14(10,17)9-11-5-6-13(16)12(15)8-11/h5-6,8,10H,2-4,7,9,17H2,1H3. The Morgan fingerprint density at radius 1 is 1.47 bits per heavy atom. The minimum Gasteiger partial charge on any atom is -0.325 e. The third kappa shape index (κ3) is 2.89. The zero-order valence-corrected chi connectivity index (χ0v) is 11.8. The molecule has 1 saturated carbocycles. The summed E-state index contributed by atoms with van der Waals surface area (Å²) in [6.07, 6.45) is 5.62. The van der Waals surface area contributed by atoms with Gasteiger partial charge in [0.25, 0.3) is 0 Å². The van der Waals surface area contributed by atoms with Gasteiger partial charge in [-0.2, -0.15) is 0 Å². The molecule has 0 spiro atoms. The van der Waals surface area contributed by atoms with Crippen molar-refractivity contribution in [3.8, 4) is 0 Å². The fourth-order valence-corrected chi connectivity index (χ4v) is 3.16. The molecule has 0 saturated heterocycles. The molecule has 0 amide bonds. The number of benzene rings is 1. The largest absolute Gasteiger partial charge is 0.325 e. The van der Waals surface area contributed by atoms with Crippen LogP contribution in [-0.4, -0.2) is 5.54 Å². The van der Waals surface area contributed by atoms with Crippen LogP contribution in [0.3, 0.4) is 0 Å². The molecule has 1 aromatic rings. The van der Waals surface area contributed by atoms with Crippen LogP contribution in [-0.2, 0) is 6.42 Å². The highest BCUT2D eigenvalue weighted by atomic mass is 79.9. The summed E-state index contributed by atoms with van der Waals surface area (Å²) < 4.78 is 13.7. The molecular weight excluding hydrogens is 281 g/mol. The van der Waals surface area contributed by atoms with E-state index in [1.165, 1.54) is 25.3 Å². The third-order valence-corrected chi connectivity index (χ3v) is 4.64. The molecule has 1 nitrogen and oxygen atoms in total. The lowest BCUT2D eigenvalue weighted by Gasteiger charge is -2.39. The maximum absolute atomic E-state index is 13.2. The van der Waals surface area contributed by atoms with E-state index in [1.807, 2.05) is 12.1 Å². The van der Waals surface area contributed by atoms with Crippen LogP contribution in [0.4, 0.5) is 4.39 Å². The average Bonchev–Trinajstić information content (AvgIpc) is 2.28. The van der Waals surface area contributed by atoms with Crippen molar-refractivity contribution in [1.82, 2.24) is 0 Å². The second-order valence-corrected chi connectivity index (χ2v) is 6.16. The highest BCUT2D eigenvalue weighted by molar-refractivity contribution is 9.10. The van der Waals surface area contributed by atoms with E-state index in [9.17, 15) is 4.39 Å². The van der Waals surface area contributed by atoms with E-state index in [0.717, 1.165) is 18.4 Å². The highest BCUT2D eigenvalue weighted by Crippen LogP contribution is 2.34. The summed E-state index contributed by atoms with van der Waals surface area (Å²) in [5.74, 6) is 0.330. The van der Waals surface area contributed by atoms with Crippen molar-refractivity contribution < 1.29 is 4.39 Å². The first-order valence-electron chi connectivity index (χ1n) is 6.24. The van der Waals surface area contributed by atoms with Crippen LogP contribution in [0.2, 0.25) is 0 Å². The molecule has 3 heteroatoms. The molecule has 1 aromatic carbocycles. The average molecular weight is 300 g/mol. The second-order valence-electron chi connectivity index (χ2n) is 5.31. The molecule has 0 aliphatic heterocycles. The Labute approximate surface area is 111 Å². The smallest absolute Gasteiger partial charge is 0.137 e. The first-order chi connectivity index (χ1) is 8.01. The van der Waals surface area contributed by atoms with Crippen molar-refractivity contribution in [3.63, 3.8) is 0 Å². The predicted octanol–water partition coefficient (Wildman–Crippen LogP) is 4.04. The Bertz CT molecular complexity index is 407. The summed E-state index contributed by atoms with van der Waals surface area (Å²) in [6.45, 7) is 2.23. The molecular formula is C14H19BrFN. The van der Waals surface area contributed by atoms with Gasteiger partial charge in [0.15, 0.2) is 0 Å². The summed E-state index contributed by atoms with van der Waals surface area (Å²) >= 11 is 3.23. The van der Waals surface area contributed by atoms with Gasteiger partial charge in [-0.3, -0.25) is 0 Å². The monoisotopic (exact) mass is 299 g/mol. The van der Waals surface area contributed by atoms with Crippen molar-refractivity contribution in [2.75, 3.05) is 0 Å². The van der Waals surface area contributed by atoms with Crippen molar-refractivity contribution in [2.24, 2.45) is 11.7 Å². The van der Waals surface area contributed by atoms with Gasteiger partial charge >= 0.3 is 0 Å². The molecule has 2 N–H and O–H groups in total. The Morgan fingerprint density at radius 2 is 2.24 bits per heavy atom. The molecule has 17 heavy (non-hydrogen) atoms. The molecule has 2 atom stereocenters. The van der Waals surface area contributed by atoms with E-state index >= 15 is 0 Å². The van der Waals surface area contributed by atoms with Crippen LogP contribution in [0.1, 0.15) is 38.2 Å². The zero-order valence-electron chi connectivity index (χ0n) is 10.2. The van der Waals surface area contributed by atoms with Crippen LogP contribution in [0.15, 0.2) is 22.7 Å². The molecule has 0 bridgehead atoms. The molecule has 2 unspecified atom stereocenters. The van der Waals surface area contributed by atoms with Crippen LogP contribution < -0.4 is 5.73 Å². The number of hydrogen-bond donors (Lipinski definition) is 1. The quantitative estimate of drug-likeness (QED) is 0.876. The molecule has 2 rings (SSSR count). The lowest BCUT2D eigenvalue weighted by Crippen LogP contribution is -2.49. The van der Waals surface area contributed by atoms with E-state index in [1.54, 1.807) is 0 Å². The molecule has 1 aliphatic rings. The van der Waals surface area contributed by atoms with Gasteiger partial charge in [0.1, 0.15) is 5.82 Å². The zero-order chi connectivity index (χ0) is 12.5. The molecule has 1 aliphatic carbocycles. The highest BCUT2D eigenvalue weighted by Gasteiger charge is 2.34. The summed E-state index contributed by atoms with van der Waals surface area (Å²) in [4.78, 5) is 0. The summed E-state index contributed by atoms with van der Waals surface area (Å²) in [5, 5.41) is 0. The number of halogens is 2. The number of nitrogens with two attached hydrogens (primary N) is 1. The molecule has 0 radical (unpaired) electrons. The topological polar surface area (TPSA) is 26.0 Å². The van der Waals surface area contributed by atoms with Crippen LogP contribution in [0, 0.1) is 11.7 Å². The first kappa shape index (κ1) is 13.0. The first-order valence-corrected chi connectivity index (χ1v) is 7.03. The lowest BCUT2D eigenvalue weighted by atomic mass is 9.71. The summed E-state index contributed by atoms with van der Waals surface area (Å²) in [6, 6.07) is 5.21. The van der Waals surface area contributed by atoms with E-state index in [-0.39, 0.29) is 11.4 Å². The van der Waals surface area contributed by atoms with Crippen LogP contribution in [0.5, 0.6) is 0 Å². The van der Waals surface area contributed by atoms with Crippen LogP contribution >= 0.6 is 15.9 Å². The Kier molecular flexibility index (Phi) is 3.88. The van der Waals surface area contributed by atoms with Crippen molar-refractivity contribution in [2.45, 2.75) is 44.6 Å². The van der Waals surface area contributed by atoms with Gasteiger partial charge in [0.2, 0.25) is 0 Å². The molecule has 0 heterocycles. The van der Waals surface area contributed by atoms with Gasteiger partial charge in [0.05, 0.1) is 4.47 Å². The van der Waals surface area contributed by atoms with Gasteiger partial charge in [-0.25, -0.2) is 4.39 Å². The number of hydrogen-bond acceptors (Lipinski definition) is 1. The Balaban J connectivity index is 2.16. The van der Waals surface area contributed by atoms with Crippen molar-refractivity contribution in [1.29, 1.82) is 0 Å². The van der Waals surface area contributed by atoms with E-state index in [2.05, 4.69) is 22.9 Å². The van der Waals surface area contributed by atoms with Gasteiger partial charge in [0, 0.05) is 5.54 Å². The SMILES string of the molecule is CC1CCCCC1(N)Cc1ccc(F)c(Br)c1. The lowest BCUT2D eigenvalue weighted by molar-refractivity contribution is 0.204. The van der Waals surface area contributed by atoms with Crippen molar-refractivity contribution in [3.05, 3.63) is 34.1 Å². The molecule has 1 fully saturated rings. The normalized spacial score (nSPS) is 29.3. The molecule has 94 valence electrons. The summed E-state index contributed by atoms with van der Waals surface area (Å²) in [7, 11) is 0. The second kappa shape index (κ2) is 5.07. The Hall–Kier alpha value is -0.410. The van der Waals surface area contributed by atoms with Gasteiger partial charge in [-0.15, -0.1) is 0 Å².